The van der Waals surface area contributed by atoms with E-state index in [2.05, 4.69) is 11.4 Å². The molecule has 1 fully saturated rings. The highest BCUT2D eigenvalue weighted by Crippen LogP contribution is 2.42. The number of carbonyl (C=O) groups is 2. The molecule has 5 rings (SSSR count). The number of ether oxygens (including phenoxy) is 3. The second-order valence-electron chi connectivity index (χ2n) is 10.4. The molecular formula is C31H35ClN4O5. The number of nitrogens with one attached hydrogen (secondary N) is 1. The fraction of sp³-hybridized carbons (Fsp3) is 0.387. The Morgan fingerprint density at radius 3 is 2.56 bits per heavy atom. The minimum Gasteiger partial charge on any atom is -0.497 e. The topological polar surface area (TPSA) is 92.7 Å². The third kappa shape index (κ3) is 6.11. The zero-order valence-corrected chi connectivity index (χ0v) is 24.4. The number of amidine groups is 1. The molecule has 10 heteroatoms. The molecule has 0 spiro atoms. The molecular weight excluding hydrogens is 544 g/mol. The minimum absolute atomic E-state index is 0.0187. The number of rotatable bonds is 7. The smallest absolute Gasteiger partial charge is 0.326 e. The van der Waals surface area contributed by atoms with Crippen molar-refractivity contribution in [3.8, 4) is 11.5 Å². The van der Waals surface area contributed by atoms with Gasteiger partial charge in [0, 0.05) is 31.3 Å². The predicted octanol–water partition coefficient (Wildman–Crippen LogP) is 4.76. The van der Waals surface area contributed by atoms with Crippen LogP contribution >= 0.6 is 11.6 Å². The first-order valence-corrected chi connectivity index (χ1v) is 14.1. The van der Waals surface area contributed by atoms with E-state index in [1.54, 1.807) is 24.0 Å². The Morgan fingerprint density at radius 1 is 1.15 bits per heavy atom. The van der Waals surface area contributed by atoms with E-state index >= 15 is 0 Å². The quantitative estimate of drug-likeness (QED) is 0.511. The Kier molecular flexibility index (Phi) is 8.65. The highest BCUT2D eigenvalue weighted by atomic mass is 35.5. The summed E-state index contributed by atoms with van der Waals surface area (Å²) in [7, 11) is 3.28. The van der Waals surface area contributed by atoms with E-state index in [0.717, 1.165) is 11.1 Å². The molecule has 41 heavy (non-hydrogen) atoms. The second-order valence-corrected chi connectivity index (χ2v) is 10.9. The third-order valence-electron chi connectivity index (χ3n) is 7.32. The normalized spacial score (nSPS) is 22.4. The lowest BCUT2D eigenvalue weighted by Crippen LogP contribution is -2.55. The van der Waals surface area contributed by atoms with Gasteiger partial charge in [-0.1, -0.05) is 42.0 Å². The summed E-state index contributed by atoms with van der Waals surface area (Å²) in [6.45, 7) is 4.63. The van der Waals surface area contributed by atoms with Crippen molar-refractivity contribution >= 4 is 29.4 Å². The van der Waals surface area contributed by atoms with Crippen molar-refractivity contribution < 1.29 is 23.8 Å². The first-order chi connectivity index (χ1) is 19.8. The summed E-state index contributed by atoms with van der Waals surface area (Å²) in [6.07, 6.45) is 6.70. The van der Waals surface area contributed by atoms with Gasteiger partial charge in [-0.05, 0) is 55.7 Å². The molecule has 1 unspecified atom stereocenters. The van der Waals surface area contributed by atoms with Crippen LogP contribution in [0.15, 0.2) is 71.3 Å². The van der Waals surface area contributed by atoms with Crippen molar-refractivity contribution in [3.05, 3.63) is 82.4 Å². The Hall–Kier alpha value is -3.82. The first kappa shape index (κ1) is 28.7. The number of urea groups is 1. The maximum Gasteiger partial charge on any atom is 0.326 e. The lowest BCUT2D eigenvalue weighted by atomic mass is 9.90. The molecule has 0 aromatic heterocycles. The Labute approximate surface area is 245 Å². The Bertz CT molecular complexity index is 1390. The molecule has 216 valence electrons. The number of hydrogen-bond acceptors (Lipinski definition) is 6. The van der Waals surface area contributed by atoms with E-state index in [-0.39, 0.29) is 30.7 Å². The van der Waals surface area contributed by atoms with Gasteiger partial charge in [0.1, 0.15) is 29.9 Å². The van der Waals surface area contributed by atoms with Gasteiger partial charge in [-0.25, -0.2) is 4.79 Å². The van der Waals surface area contributed by atoms with Crippen molar-refractivity contribution in [2.75, 3.05) is 33.9 Å². The minimum atomic E-state index is -0.497. The van der Waals surface area contributed by atoms with Gasteiger partial charge in [0.2, 0.25) is 5.91 Å². The summed E-state index contributed by atoms with van der Waals surface area (Å²) in [5, 5.41) is 3.40. The fourth-order valence-electron chi connectivity index (χ4n) is 5.33. The number of hydrogen-bond donors (Lipinski definition) is 1. The number of benzene rings is 2. The van der Waals surface area contributed by atoms with Crippen molar-refractivity contribution in [1.29, 1.82) is 0 Å². The van der Waals surface area contributed by atoms with Gasteiger partial charge in [-0.3, -0.25) is 14.7 Å². The highest BCUT2D eigenvalue weighted by Gasteiger charge is 2.45. The molecule has 0 bridgehead atoms. The monoisotopic (exact) mass is 578 g/mol. The van der Waals surface area contributed by atoms with Crippen LogP contribution < -0.4 is 14.8 Å². The molecule has 1 saturated heterocycles. The highest BCUT2D eigenvalue weighted by molar-refractivity contribution is 6.30. The Morgan fingerprint density at radius 2 is 1.93 bits per heavy atom. The number of piperazine rings is 1. The van der Waals surface area contributed by atoms with E-state index in [1.165, 1.54) is 0 Å². The summed E-state index contributed by atoms with van der Waals surface area (Å²) in [4.78, 5) is 35.2. The molecule has 3 aliphatic rings. The second kappa shape index (κ2) is 12.4. The predicted molar refractivity (Wildman–Crippen MR) is 158 cm³/mol. The van der Waals surface area contributed by atoms with E-state index in [0.29, 0.717) is 47.4 Å². The summed E-state index contributed by atoms with van der Waals surface area (Å²) >= 11 is 6.27. The summed E-state index contributed by atoms with van der Waals surface area (Å²) < 4.78 is 17.2. The third-order valence-corrected chi connectivity index (χ3v) is 7.57. The molecule has 2 heterocycles. The van der Waals surface area contributed by atoms with E-state index < -0.39 is 12.1 Å². The first-order valence-electron chi connectivity index (χ1n) is 13.7. The van der Waals surface area contributed by atoms with Gasteiger partial charge in [0.25, 0.3) is 0 Å². The maximum atomic E-state index is 14.4. The number of nitrogens with zero attached hydrogens (tertiary/aromatic N) is 3. The van der Waals surface area contributed by atoms with Gasteiger partial charge in [0.05, 0.1) is 30.9 Å². The molecule has 1 aliphatic carbocycles. The van der Waals surface area contributed by atoms with Crippen molar-refractivity contribution in [2.45, 2.75) is 44.6 Å². The van der Waals surface area contributed by atoms with Crippen LogP contribution in [-0.4, -0.2) is 79.7 Å². The number of halogens is 1. The number of methoxy groups -OCH3 is 2. The van der Waals surface area contributed by atoms with Gasteiger partial charge < -0.3 is 24.4 Å². The molecule has 2 aromatic carbocycles. The van der Waals surface area contributed by atoms with Gasteiger partial charge in [0.15, 0.2) is 0 Å². The van der Waals surface area contributed by atoms with Crippen molar-refractivity contribution in [3.63, 3.8) is 0 Å². The number of amides is 3. The van der Waals surface area contributed by atoms with Crippen LogP contribution in [0.2, 0.25) is 5.02 Å². The summed E-state index contributed by atoms with van der Waals surface area (Å²) in [6, 6.07) is 11.8. The maximum absolute atomic E-state index is 14.4. The largest absolute Gasteiger partial charge is 0.497 e. The van der Waals surface area contributed by atoms with E-state index in [1.807, 2.05) is 68.5 Å². The van der Waals surface area contributed by atoms with E-state index in [4.69, 9.17) is 30.8 Å². The zero-order valence-electron chi connectivity index (χ0n) is 23.7. The standard InChI is InChI=1S/C31H35ClN4O5/c1-19(2)41-26-17-24(40-4)13-14-25(26)30-34-28(20-7-11-23(39-3)12-8-20)29(21-5-9-22(32)10-6-21)36(30)31(38)35-16-15-33-27(37)18-35/h5-11,13-14,17,19,23,28-29H,12,15-16,18H2,1-4H3,(H,33,37)/t23?,28-,29+/m0/s1. The molecule has 3 amide bonds. The fourth-order valence-corrected chi connectivity index (χ4v) is 5.45. The van der Waals surface area contributed by atoms with Gasteiger partial charge in [-0.2, -0.15) is 0 Å². The van der Waals surface area contributed by atoms with Gasteiger partial charge in [-0.15, -0.1) is 0 Å². The molecule has 0 saturated carbocycles. The Balaban J connectivity index is 1.68. The van der Waals surface area contributed by atoms with Crippen LogP contribution in [0.1, 0.15) is 37.4 Å². The van der Waals surface area contributed by atoms with Crippen LogP contribution in [0.3, 0.4) is 0 Å². The molecule has 2 aromatic rings. The average Bonchev–Trinajstić information content (AvgIpc) is 3.37. The lowest BCUT2D eigenvalue weighted by molar-refractivity contribution is -0.123. The molecule has 0 radical (unpaired) electrons. The summed E-state index contributed by atoms with van der Waals surface area (Å²) in [5.74, 6) is 1.45. The number of aliphatic imine (C=N–C) groups is 1. The molecule has 2 aliphatic heterocycles. The SMILES string of the molecule is COc1ccc(C2=N[C@@H](C3=CCC(OC)C=C3)[C@@H](c3ccc(Cl)cc3)N2C(=O)N2CCNC(=O)C2)c(OC(C)C)c1. The molecule has 9 nitrogen and oxygen atoms in total. The molecule has 1 N–H and O–H groups in total. The van der Waals surface area contributed by atoms with Gasteiger partial charge >= 0.3 is 6.03 Å². The van der Waals surface area contributed by atoms with Crippen molar-refractivity contribution in [1.82, 2.24) is 15.1 Å². The lowest BCUT2D eigenvalue weighted by Gasteiger charge is -2.36. The average molecular weight is 579 g/mol. The van der Waals surface area contributed by atoms with Crippen LogP contribution in [0.4, 0.5) is 4.79 Å². The van der Waals surface area contributed by atoms with Crippen LogP contribution in [0.5, 0.6) is 11.5 Å². The van der Waals surface area contributed by atoms with Crippen LogP contribution in [0, 0.1) is 0 Å². The van der Waals surface area contributed by atoms with E-state index in [9.17, 15) is 9.59 Å². The van der Waals surface area contributed by atoms with Crippen molar-refractivity contribution in [2.24, 2.45) is 4.99 Å². The summed E-state index contributed by atoms with van der Waals surface area (Å²) in [5.41, 5.74) is 2.50. The molecule has 3 atom stereocenters. The van der Waals surface area contributed by atoms with Crippen LogP contribution in [0.25, 0.3) is 0 Å². The van der Waals surface area contributed by atoms with Crippen LogP contribution in [-0.2, 0) is 9.53 Å². The number of carbonyl (C=O) groups excluding carboxylic acids is 2. The zero-order chi connectivity index (χ0) is 29.1.